The molecule has 0 radical (unpaired) electrons. The van der Waals surface area contributed by atoms with Gasteiger partial charge in [-0.05, 0) is 31.0 Å². The second-order valence-electron chi connectivity index (χ2n) is 4.55. The monoisotopic (exact) mass is 337 g/mol. The van der Waals surface area contributed by atoms with Crippen LogP contribution in [0, 0.1) is 0 Å². The van der Waals surface area contributed by atoms with Gasteiger partial charge in [0.05, 0.1) is 11.8 Å². The van der Waals surface area contributed by atoms with Crippen molar-refractivity contribution < 1.29 is 13.2 Å². The minimum atomic E-state index is -3.34. The highest BCUT2D eigenvalue weighted by molar-refractivity contribution is 7.92. The van der Waals surface area contributed by atoms with E-state index in [1.165, 1.54) is 0 Å². The van der Waals surface area contributed by atoms with Crippen LogP contribution in [0.5, 0.6) is 0 Å². The van der Waals surface area contributed by atoms with Crippen LogP contribution in [0.2, 0.25) is 10.0 Å². The van der Waals surface area contributed by atoms with E-state index in [-0.39, 0.29) is 11.8 Å². The van der Waals surface area contributed by atoms with Gasteiger partial charge in [0, 0.05) is 10.0 Å². The van der Waals surface area contributed by atoms with Gasteiger partial charge >= 0.3 is 0 Å². The molecule has 1 atom stereocenters. The van der Waals surface area contributed by atoms with Crippen molar-refractivity contribution in [3.8, 4) is 0 Å². The SMILES string of the molecule is CCCS(=O)(=O)CC(=O)NC(C)c1ccc(Cl)cc1Cl. The zero-order valence-corrected chi connectivity index (χ0v) is 13.6. The Kier molecular flexibility index (Phi) is 6.30. The van der Waals surface area contributed by atoms with E-state index >= 15 is 0 Å². The Balaban J connectivity index is 2.71. The zero-order chi connectivity index (χ0) is 15.3. The third-order valence-electron chi connectivity index (χ3n) is 2.67. The maximum absolute atomic E-state index is 11.7. The Hall–Kier alpha value is -0.780. The molecule has 0 aliphatic carbocycles. The van der Waals surface area contributed by atoms with Gasteiger partial charge in [-0.15, -0.1) is 0 Å². The average Bonchev–Trinajstić information content (AvgIpc) is 2.26. The van der Waals surface area contributed by atoms with E-state index in [2.05, 4.69) is 5.32 Å². The van der Waals surface area contributed by atoms with Gasteiger partial charge in [-0.1, -0.05) is 36.2 Å². The highest BCUT2D eigenvalue weighted by atomic mass is 35.5. The number of carbonyl (C=O) groups is 1. The second kappa shape index (κ2) is 7.29. The van der Waals surface area contributed by atoms with Gasteiger partial charge in [-0.3, -0.25) is 4.79 Å². The van der Waals surface area contributed by atoms with Gasteiger partial charge < -0.3 is 5.32 Å². The summed E-state index contributed by atoms with van der Waals surface area (Å²) >= 11 is 11.8. The number of benzene rings is 1. The van der Waals surface area contributed by atoms with Crippen molar-refractivity contribution in [1.82, 2.24) is 5.32 Å². The summed E-state index contributed by atoms with van der Waals surface area (Å²) in [4.78, 5) is 11.7. The van der Waals surface area contributed by atoms with Gasteiger partial charge in [-0.2, -0.15) is 0 Å². The molecule has 0 saturated carbocycles. The summed E-state index contributed by atoms with van der Waals surface area (Å²) in [6, 6.07) is 4.56. The molecule has 7 heteroatoms. The minimum Gasteiger partial charge on any atom is -0.349 e. The highest BCUT2D eigenvalue weighted by Gasteiger charge is 2.18. The molecule has 1 amide bonds. The fourth-order valence-corrected chi connectivity index (χ4v) is 3.62. The maximum Gasteiger partial charge on any atom is 0.235 e. The Morgan fingerprint density at radius 2 is 2.00 bits per heavy atom. The lowest BCUT2D eigenvalue weighted by atomic mass is 10.1. The number of nitrogens with one attached hydrogen (secondary N) is 1. The van der Waals surface area contributed by atoms with E-state index in [4.69, 9.17) is 23.2 Å². The van der Waals surface area contributed by atoms with Crippen LogP contribution < -0.4 is 5.32 Å². The fraction of sp³-hybridized carbons (Fsp3) is 0.462. The molecule has 1 rings (SSSR count). The van der Waals surface area contributed by atoms with Gasteiger partial charge in [0.1, 0.15) is 5.75 Å². The molecule has 20 heavy (non-hydrogen) atoms. The topological polar surface area (TPSA) is 63.2 Å². The lowest BCUT2D eigenvalue weighted by Crippen LogP contribution is -2.33. The lowest BCUT2D eigenvalue weighted by Gasteiger charge is -2.16. The van der Waals surface area contributed by atoms with Crippen molar-refractivity contribution in [1.29, 1.82) is 0 Å². The van der Waals surface area contributed by atoms with Crippen LogP contribution in [0.4, 0.5) is 0 Å². The Morgan fingerprint density at radius 1 is 1.35 bits per heavy atom. The Morgan fingerprint density at radius 3 is 2.55 bits per heavy atom. The van der Waals surface area contributed by atoms with Crippen LogP contribution in [0.15, 0.2) is 18.2 Å². The molecule has 0 bridgehead atoms. The smallest absolute Gasteiger partial charge is 0.235 e. The minimum absolute atomic E-state index is 0.0104. The molecule has 0 aliphatic rings. The van der Waals surface area contributed by atoms with Crippen molar-refractivity contribution in [3.05, 3.63) is 33.8 Å². The zero-order valence-electron chi connectivity index (χ0n) is 11.3. The van der Waals surface area contributed by atoms with Crippen LogP contribution in [0.3, 0.4) is 0 Å². The predicted octanol–water partition coefficient (Wildman–Crippen LogP) is 3.00. The first-order valence-electron chi connectivity index (χ1n) is 6.20. The lowest BCUT2D eigenvalue weighted by molar-refractivity contribution is -0.119. The van der Waals surface area contributed by atoms with E-state index in [0.29, 0.717) is 22.0 Å². The second-order valence-corrected chi connectivity index (χ2v) is 7.57. The summed E-state index contributed by atoms with van der Waals surface area (Å²) in [6.45, 7) is 3.49. The predicted molar refractivity (Wildman–Crippen MR) is 82.0 cm³/mol. The number of carbonyl (C=O) groups excluding carboxylic acids is 1. The summed E-state index contributed by atoms with van der Waals surface area (Å²) in [7, 11) is -3.34. The summed E-state index contributed by atoms with van der Waals surface area (Å²) in [5.41, 5.74) is 0.692. The third kappa shape index (κ3) is 5.31. The first-order valence-corrected chi connectivity index (χ1v) is 8.77. The highest BCUT2D eigenvalue weighted by Crippen LogP contribution is 2.25. The van der Waals surface area contributed by atoms with Crippen LogP contribution in [0.25, 0.3) is 0 Å². The van der Waals surface area contributed by atoms with E-state index in [1.807, 2.05) is 0 Å². The van der Waals surface area contributed by atoms with Crippen molar-refractivity contribution in [2.45, 2.75) is 26.3 Å². The molecule has 1 aromatic carbocycles. The van der Waals surface area contributed by atoms with Gasteiger partial charge in [-0.25, -0.2) is 8.42 Å². The van der Waals surface area contributed by atoms with Crippen LogP contribution in [0.1, 0.15) is 31.9 Å². The number of hydrogen-bond donors (Lipinski definition) is 1. The van der Waals surface area contributed by atoms with Crippen molar-refractivity contribution >= 4 is 38.9 Å². The summed E-state index contributed by atoms with van der Waals surface area (Å²) in [6.07, 6.45) is 0.494. The fourth-order valence-electron chi connectivity index (χ4n) is 1.80. The summed E-state index contributed by atoms with van der Waals surface area (Å²) in [5, 5.41) is 3.56. The van der Waals surface area contributed by atoms with Crippen LogP contribution >= 0.6 is 23.2 Å². The molecule has 112 valence electrons. The molecule has 1 unspecified atom stereocenters. The molecule has 4 nitrogen and oxygen atoms in total. The normalized spacial score (nSPS) is 13.0. The van der Waals surface area contributed by atoms with Crippen molar-refractivity contribution in [3.63, 3.8) is 0 Å². The van der Waals surface area contributed by atoms with E-state index in [1.54, 1.807) is 32.0 Å². The molecule has 0 fully saturated rings. The molecule has 0 aliphatic heterocycles. The largest absolute Gasteiger partial charge is 0.349 e. The number of halogens is 2. The number of hydrogen-bond acceptors (Lipinski definition) is 3. The van der Waals surface area contributed by atoms with Gasteiger partial charge in [0.25, 0.3) is 0 Å². The molecular formula is C13H17Cl2NO3S. The molecule has 1 aromatic rings. The third-order valence-corrected chi connectivity index (χ3v) is 4.97. The molecule has 1 N–H and O–H groups in total. The first-order chi connectivity index (χ1) is 9.25. The Bertz CT molecular complexity index is 587. The molecule has 0 saturated heterocycles. The maximum atomic E-state index is 11.7. The number of sulfone groups is 1. The van der Waals surface area contributed by atoms with Crippen LogP contribution in [-0.4, -0.2) is 25.8 Å². The van der Waals surface area contributed by atoms with E-state index in [0.717, 1.165) is 0 Å². The standard InChI is InChI=1S/C13H17Cl2NO3S/c1-3-6-20(18,19)8-13(17)16-9(2)11-5-4-10(14)7-12(11)15/h4-5,7,9H,3,6,8H2,1-2H3,(H,16,17). The molecule has 0 spiro atoms. The number of amides is 1. The van der Waals surface area contributed by atoms with Gasteiger partial charge in [0.15, 0.2) is 9.84 Å². The average molecular weight is 338 g/mol. The molecule has 0 aromatic heterocycles. The first kappa shape index (κ1) is 17.3. The van der Waals surface area contributed by atoms with Crippen molar-refractivity contribution in [2.75, 3.05) is 11.5 Å². The Labute approximate surface area is 129 Å². The summed E-state index contributed by atoms with van der Waals surface area (Å²) in [5.74, 6) is -1.02. The van der Waals surface area contributed by atoms with Gasteiger partial charge in [0.2, 0.25) is 5.91 Å². The van der Waals surface area contributed by atoms with Crippen molar-refractivity contribution in [2.24, 2.45) is 0 Å². The quantitative estimate of drug-likeness (QED) is 0.867. The molecule has 0 heterocycles. The number of rotatable bonds is 6. The van der Waals surface area contributed by atoms with E-state index in [9.17, 15) is 13.2 Å². The molecular weight excluding hydrogens is 321 g/mol. The summed E-state index contributed by atoms with van der Waals surface area (Å²) < 4.78 is 23.1. The van der Waals surface area contributed by atoms with E-state index < -0.39 is 21.5 Å². The van der Waals surface area contributed by atoms with Crippen LogP contribution in [-0.2, 0) is 14.6 Å².